The Kier molecular flexibility index (Phi) is 7.18. The molecule has 8 nitrogen and oxygen atoms in total. The van der Waals surface area contributed by atoms with Crippen LogP contribution in [0, 0.1) is 6.92 Å². The Morgan fingerprint density at radius 2 is 2.18 bits per heavy atom. The average molecular weight is 401 g/mol. The summed E-state index contributed by atoms with van der Waals surface area (Å²) in [5.74, 6) is -0.344. The summed E-state index contributed by atoms with van der Waals surface area (Å²) in [7, 11) is 0. The SMILES string of the molecule is Cc1cccc(-n2nnnc2SCC(=O)NC(=O)NCCC2=CCCCC2)c1. The number of amides is 3. The van der Waals surface area contributed by atoms with Crippen LogP contribution in [0.5, 0.6) is 0 Å². The van der Waals surface area contributed by atoms with Crippen molar-refractivity contribution in [3.63, 3.8) is 0 Å². The van der Waals surface area contributed by atoms with Gasteiger partial charge in [0.2, 0.25) is 11.1 Å². The Labute approximate surface area is 168 Å². The number of benzene rings is 1. The summed E-state index contributed by atoms with van der Waals surface area (Å²) >= 11 is 1.18. The molecule has 1 aromatic carbocycles. The first kappa shape index (κ1) is 20.1. The quantitative estimate of drug-likeness (QED) is 0.547. The van der Waals surface area contributed by atoms with Crippen molar-refractivity contribution in [3.05, 3.63) is 41.5 Å². The smallest absolute Gasteiger partial charge is 0.321 e. The molecule has 0 saturated heterocycles. The molecule has 9 heteroatoms. The van der Waals surface area contributed by atoms with Crippen molar-refractivity contribution < 1.29 is 9.59 Å². The summed E-state index contributed by atoms with van der Waals surface area (Å²) in [5, 5.41) is 17.2. The van der Waals surface area contributed by atoms with Gasteiger partial charge in [-0.1, -0.05) is 35.5 Å². The molecule has 1 aliphatic rings. The van der Waals surface area contributed by atoms with Gasteiger partial charge in [-0.15, -0.1) is 5.10 Å². The Balaban J connectivity index is 1.43. The van der Waals surface area contributed by atoms with Gasteiger partial charge in [-0.25, -0.2) is 4.79 Å². The highest BCUT2D eigenvalue weighted by Gasteiger charge is 2.13. The average Bonchev–Trinajstić information content (AvgIpc) is 3.16. The molecule has 0 unspecified atom stereocenters. The monoisotopic (exact) mass is 400 g/mol. The summed E-state index contributed by atoms with van der Waals surface area (Å²) in [6.07, 6.45) is 7.78. The predicted octanol–water partition coefficient (Wildman–Crippen LogP) is 2.78. The van der Waals surface area contributed by atoms with Crippen molar-refractivity contribution in [3.8, 4) is 5.69 Å². The Morgan fingerprint density at radius 1 is 1.29 bits per heavy atom. The van der Waals surface area contributed by atoms with E-state index in [0.717, 1.165) is 30.5 Å². The van der Waals surface area contributed by atoms with Gasteiger partial charge in [0.1, 0.15) is 0 Å². The molecule has 0 bridgehead atoms. The molecular weight excluding hydrogens is 376 g/mol. The number of rotatable bonds is 7. The van der Waals surface area contributed by atoms with Crippen LogP contribution in [0.4, 0.5) is 4.79 Å². The Bertz CT molecular complexity index is 864. The number of carbonyl (C=O) groups is 2. The van der Waals surface area contributed by atoms with E-state index in [1.807, 2.05) is 31.2 Å². The highest BCUT2D eigenvalue weighted by molar-refractivity contribution is 7.99. The summed E-state index contributed by atoms with van der Waals surface area (Å²) in [6.45, 7) is 2.52. The lowest BCUT2D eigenvalue weighted by molar-refractivity contribution is -0.117. The second-order valence-corrected chi connectivity index (χ2v) is 7.61. The number of aromatic nitrogens is 4. The highest BCUT2D eigenvalue weighted by Crippen LogP contribution is 2.20. The Hall–Kier alpha value is -2.68. The van der Waals surface area contributed by atoms with Crippen molar-refractivity contribution in [1.82, 2.24) is 30.8 Å². The maximum atomic E-state index is 12.0. The lowest BCUT2D eigenvalue weighted by Gasteiger charge is -2.13. The molecular formula is C19H24N6O2S. The van der Waals surface area contributed by atoms with Crippen molar-refractivity contribution in [2.75, 3.05) is 12.3 Å². The molecule has 2 aromatic rings. The number of hydrogen-bond donors (Lipinski definition) is 2. The van der Waals surface area contributed by atoms with Gasteiger partial charge in [0.05, 0.1) is 11.4 Å². The molecule has 2 N–H and O–H groups in total. The molecule has 0 fully saturated rings. The summed E-state index contributed by atoms with van der Waals surface area (Å²) in [6, 6.07) is 7.28. The second kappa shape index (κ2) is 10.0. The maximum absolute atomic E-state index is 12.0. The summed E-state index contributed by atoms with van der Waals surface area (Å²) in [4.78, 5) is 23.9. The minimum Gasteiger partial charge on any atom is -0.337 e. The van der Waals surface area contributed by atoms with Crippen molar-refractivity contribution >= 4 is 23.7 Å². The van der Waals surface area contributed by atoms with E-state index in [2.05, 4.69) is 32.2 Å². The largest absolute Gasteiger partial charge is 0.337 e. The molecule has 1 aliphatic carbocycles. The molecule has 0 spiro atoms. The minimum absolute atomic E-state index is 0.0464. The van der Waals surface area contributed by atoms with Gasteiger partial charge in [-0.2, -0.15) is 4.68 Å². The third-order valence-electron chi connectivity index (χ3n) is 4.39. The molecule has 1 aromatic heterocycles. The van der Waals surface area contributed by atoms with E-state index in [-0.39, 0.29) is 5.75 Å². The molecule has 3 amide bonds. The first-order valence-electron chi connectivity index (χ1n) is 9.35. The zero-order valence-electron chi connectivity index (χ0n) is 15.9. The molecule has 0 radical (unpaired) electrons. The van der Waals surface area contributed by atoms with E-state index in [9.17, 15) is 9.59 Å². The van der Waals surface area contributed by atoms with E-state index in [4.69, 9.17) is 0 Å². The van der Waals surface area contributed by atoms with Crippen LogP contribution in [0.25, 0.3) is 5.69 Å². The van der Waals surface area contributed by atoms with Crippen LogP contribution < -0.4 is 10.6 Å². The lowest BCUT2D eigenvalue weighted by atomic mass is 9.97. The van der Waals surface area contributed by atoms with Crippen LogP contribution in [-0.2, 0) is 4.79 Å². The number of tetrazole rings is 1. The predicted molar refractivity (Wildman–Crippen MR) is 107 cm³/mol. The number of hydrogen-bond acceptors (Lipinski definition) is 6. The van der Waals surface area contributed by atoms with Crippen LogP contribution >= 0.6 is 11.8 Å². The van der Waals surface area contributed by atoms with Gasteiger partial charge in [0.15, 0.2) is 0 Å². The summed E-state index contributed by atoms with van der Waals surface area (Å²) < 4.78 is 1.57. The molecule has 0 atom stereocenters. The fraction of sp³-hybridized carbons (Fsp3) is 0.421. The van der Waals surface area contributed by atoms with E-state index in [0.29, 0.717) is 11.7 Å². The zero-order chi connectivity index (χ0) is 19.8. The number of thioether (sulfide) groups is 1. The van der Waals surface area contributed by atoms with Gasteiger partial charge in [0, 0.05) is 6.54 Å². The van der Waals surface area contributed by atoms with Gasteiger partial charge in [0.25, 0.3) is 0 Å². The molecule has 0 saturated carbocycles. The van der Waals surface area contributed by atoms with Crippen molar-refractivity contribution in [2.45, 2.75) is 44.2 Å². The van der Waals surface area contributed by atoms with E-state index < -0.39 is 11.9 Å². The maximum Gasteiger partial charge on any atom is 0.321 e. The molecule has 3 rings (SSSR count). The van der Waals surface area contributed by atoms with Gasteiger partial charge >= 0.3 is 6.03 Å². The number of nitrogens with zero attached hydrogens (tertiary/aromatic N) is 4. The number of allylic oxidation sites excluding steroid dienone is 1. The molecule has 0 aliphatic heterocycles. The van der Waals surface area contributed by atoms with Gasteiger partial charge < -0.3 is 5.32 Å². The minimum atomic E-state index is -0.472. The lowest BCUT2D eigenvalue weighted by Crippen LogP contribution is -2.40. The van der Waals surface area contributed by atoms with E-state index in [1.54, 1.807) is 4.68 Å². The number of imide groups is 1. The number of urea groups is 1. The van der Waals surface area contributed by atoms with Crippen LogP contribution in [-0.4, -0.2) is 44.4 Å². The normalized spacial score (nSPS) is 13.7. The van der Waals surface area contributed by atoms with Crippen LogP contribution in [0.15, 0.2) is 41.1 Å². The van der Waals surface area contributed by atoms with Crippen LogP contribution in [0.1, 0.15) is 37.7 Å². The van der Waals surface area contributed by atoms with Crippen molar-refractivity contribution in [2.24, 2.45) is 0 Å². The number of aryl methyl sites for hydroxylation is 1. The fourth-order valence-corrected chi connectivity index (χ4v) is 3.69. The van der Waals surface area contributed by atoms with Crippen LogP contribution in [0.3, 0.4) is 0 Å². The topological polar surface area (TPSA) is 102 Å². The molecule has 148 valence electrons. The second-order valence-electron chi connectivity index (χ2n) is 6.66. The first-order valence-corrected chi connectivity index (χ1v) is 10.3. The Morgan fingerprint density at radius 3 is 2.96 bits per heavy atom. The fourth-order valence-electron chi connectivity index (χ4n) is 3.00. The third-order valence-corrected chi connectivity index (χ3v) is 5.31. The van der Waals surface area contributed by atoms with E-state index >= 15 is 0 Å². The first-order chi connectivity index (χ1) is 13.6. The zero-order valence-corrected chi connectivity index (χ0v) is 16.7. The van der Waals surface area contributed by atoms with Gasteiger partial charge in [-0.3, -0.25) is 10.1 Å². The standard InChI is InChI=1S/C19H24N6O2S/c1-14-6-5-9-16(12-14)25-19(22-23-24-25)28-13-17(26)21-18(27)20-11-10-15-7-3-2-4-8-15/h5-7,9,12H,2-4,8,10-11,13H2,1H3,(H2,20,21,26,27). The third kappa shape index (κ3) is 5.91. The number of carbonyl (C=O) groups excluding carboxylic acids is 2. The van der Waals surface area contributed by atoms with Gasteiger partial charge in [-0.05, 0) is 67.2 Å². The summed E-state index contributed by atoms with van der Waals surface area (Å²) in [5.41, 5.74) is 3.29. The number of nitrogens with one attached hydrogen (secondary N) is 2. The molecule has 1 heterocycles. The highest BCUT2D eigenvalue weighted by atomic mass is 32.2. The molecule has 28 heavy (non-hydrogen) atoms. The van der Waals surface area contributed by atoms with Crippen LogP contribution in [0.2, 0.25) is 0 Å². The van der Waals surface area contributed by atoms with Crippen molar-refractivity contribution in [1.29, 1.82) is 0 Å². The van der Waals surface area contributed by atoms with E-state index in [1.165, 1.54) is 30.2 Å².